The summed E-state index contributed by atoms with van der Waals surface area (Å²) in [6, 6.07) is 0. The number of ketones is 1. The van der Waals surface area contributed by atoms with Gasteiger partial charge >= 0.3 is 0 Å². The molecule has 0 aromatic rings. The lowest BCUT2D eigenvalue weighted by Crippen LogP contribution is -2.25. The number of hydrogen-bond donors (Lipinski definition) is 2. The standard InChI is InChI=1S/C6H5IO3/c7-4-3-6(9,10)2-1-5(4)8/h1-3,9-10H. The summed E-state index contributed by atoms with van der Waals surface area (Å²) in [4.78, 5) is 10.7. The summed E-state index contributed by atoms with van der Waals surface area (Å²) >= 11 is 1.75. The second-order valence-electron chi connectivity index (χ2n) is 1.97. The molecule has 0 amide bonds. The zero-order valence-corrected chi connectivity index (χ0v) is 7.07. The summed E-state index contributed by atoms with van der Waals surface area (Å²) in [6.45, 7) is 0. The van der Waals surface area contributed by atoms with Crippen LogP contribution in [0.25, 0.3) is 0 Å². The number of rotatable bonds is 0. The van der Waals surface area contributed by atoms with Crippen molar-refractivity contribution in [3.8, 4) is 0 Å². The van der Waals surface area contributed by atoms with E-state index in [0.29, 0.717) is 3.58 Å². The largest absolute Gasteiger partial charge is 0.359 e. The van der Waals surface area contributed by atoms with E-state index >= 15 is 0 Å². The minimum absolute atomic E-state index is 0.195. The average Bonchev–Trinajstić information content (AvgIpc) is 1.79. The van der Waals surface area contributed by atoms with E-state index in [-0.39, 0.29) is 5.78 Å². The predicted molar refractivity (Wildman–Crippen MR) is 43.4 cm³/mol. The molecule has 0 radical (unpaired) electrons. The van der Waals surface area contributed by atoms with Crippen LogP contribution in [-0.4, -0.2) is 21.8 Å². The molecule has 0 aromatic heterocycles. The number of aliphatic hydroxyl groups is 2. The quantitative estimate of drug-likeness (QED) is 0.475. The number of carbonyl (C=O) groups is 1. The minimum Gasteiger partial charge on any atom is -0.359 e. The van der Waals surface area contributed by atoms with E-state index in [1.165, 1.54) is 0 Å². The van der Waals surface area contributed by atoms with Crippen LogP contribution >= 0.6 is 22.6 Å². The molecule has 0 unspecified atom stereocenters. The van der Waals surface area contributed by atoms with Crippen molar-refractivity contribution in [2.75, 3.05) is 0 Å². The number of carbonyl (C=O) groups excluding carboxylic acids is 1. The smallest absolute Gasteiger partial charge is 0.204 e. The Labute approximate surface area is 71.2 Å². The summed E-state index contributed by atoms with van der Waals surface area (Å²) < 4.78 is 0.324. The molecule has 54 valence electrons. The molecule has 1 aliphatic carbocycles. The van der Waals surface area contributed by atoms with E-state index in [0.717, 1.165) is 18.2 Å². The van der Waals surface area contributed by atoms with Gasteiger partial charge in [-0.3, -0.25) is 4.79 Å². The van der Waals surface area contributed by atoms with Crippen molar-refractivity contribution in [1.29, 1.82) is 0 Å². The first-order valence-corrected chi connectivity index (χ1v) is 3.66. The number of halogens is 1. The lowest BCUT2D eigenvalue weighted by atomic mass is 10.1. The fourth-order valence-electron chi connectivity index (χ4n) is 0.584. The Morgan fingerprint density at radius 1 is 1.50 bits per heavy atom. The first kappa shape index (κ1) is 7.90. The summed E-state index contributed by atoms with van der Waals surface area (Å²) in [5.41, 5.74) is 0. The molecule has 0 atom stereocenters. The summed E-state index contributed by atoms with van der Waals surface area (Å²) in [5, 5.41) is 17.8. The van der Waals surface area contributed by atoms with Gasteiger partial charge in [-0.05, 0) is 40.8 Å². The molecule has 0 heterocycles. The zero-order chi connectivity index (χ0) is 7.78. The first-order chi connectivity index (χ1) is 4.51. The van der Waals surface area contributed by atoms with Crippen LogP contribution in [0.5, 0.6) is 0 Å². The molecule has 0 fully saturated rings. The van der Waals surface area contributed by atoms with Gasteiger partial charge in [0.25, 0.3) is 0 Å². The zero-order valence-electron chi connectivity index (χ0n) is 4.91. The van der Waals surface area contributed by atoms with E-state index in [9.17, 15) is 4.79 Å². The van der Waals surface area contributed by atoms with Gasteiger partial charge in [-0.2, -0.15) is 0 Å². The van der Waals surface area contributed by atoms with Crippen LogP contribution in [0.4, 0.5) is 0 Å². The lowest BCUT2D eigenvalue weighted by molar-refractivity contribution is -0.113. The van der Waals surface area contributed by atoms with Gasteiger partial charge in [0.2, 0.25) is 5.79 Å². The second-order valence-corrected chi connectivity index (χ2v) is 3.14. The molecule has 4 heteroatoms. The van der Waals surface area contributed by atoms with E-state index in [4.69, 9.17) is 10.2 Å². The van der Waals surface area contributed by atoms with E-state index in [2.05, 4.69) is 0 Å². The van der Waals surface area contributed by atoms with Crippen molar-refractivity contribution in [1.82, 2.24) is 0 Å². The average molecular weight is 252 g/mol. The van der Waals surface area contributed by atoms with Gasteiger partial charge in [-0.25, -0.2) is 0 Å². The fraction of sp³-hybridized carbons (Fsp3) is 0.167. The van der Waals surface area contributed by atoms with Crippen molar-refractivity contribution >= 4 is 28.4 Å². The summed E-state index contributed by atoms with van der Waals surface area (Å²) in [6.07, 6.45) is 3.27. The van der Waals surface area contributed by atoms with Gasteiger partial charge in [0.1, 0.15) is 0 Å². The van der Waals surface area contributed by atoms with Crippen molar-refractivity contribution in [3.05, 3.63) is 21.8 Å². The normalized spacial score (nSPS) is 22.7. The van der Waals surface area contributed by atoms with Gasteiger partial charge in [-0.1, -0.05) is 0 Å². The van der Waals surface area contributed by atoms with Crippen LogP contribution in [0.1, 0.15) is 0 Å². The molecule has 0 saturated heterocycles. The van der Waals surface area contributed by atoms with Crippen molar-refractivity contribution in [3.63, 3.8) is 0 Å². The summed E-state index contributed by atoms with van der Waals surface area (Å²) in [7, 11) is 0. The molecule has 1 rings (SSSR count). The van der Waals surface area contributed by atoms with Gasteiger partial charge in [0.05, 0.1) is 3.58 Å². The molecule has 1 aliphatic rings. The number of allylic oxidation sites excluding steroid dienone is 2. The molecule has 3 nitrogen and oxygen atoms in total. The highest BCUT2D eigenvalue weighted by Crippen LogP contribution is 2.19. The molecule has 2 N–H and O–H groups in total. The van der Waals surface area contributed by atoms with Gasteiger partial charge in [0.15, 0.2) is 5.78 Å². The molecular formula is C6H5IO3. The van der Waals surface area contributed by atoms with Crippen LogP contribution in [0.15, 0.2) is 21.8 Å². The van der Waals surface area contributed by atoms with Crippen LogP contribution in [0, 0.1) is 0 Å². The molecule has 10 heavy (non-hydrogen) atoms. The van der Waals surface area contributed by atoms with Gasteiger partial charge in [0, 0.05) is 0 Å². The Balaban J connectivity index is 2.95. The van der Waals surface area contributed by atoms with E-state index in [1.807, 2.05) is 0 Å². The highest BCUT2D eigenvalue weighted by atomic mass is 127. The highest BCUT2D eigenvalue weighted by molar-refractivity contribution is 14.1. The molecule has 0 saturated carbocycles. The first-order valence-electron chi connectivity index (χ1n) is 2.58. The second kappa shape index (κ2) is 2.44. The van der Waals surface area contributed by atoms with Gasteiger partial charge in [-0.15, -0.1) is 0 Å². The van der Waals surface area contributed by atoms with Crippen molar-refractivity contribution < 1.29 is 15.0 Å². The van der Waals surface area contributed by atoms with Crippen LogP contribution in [-0.2, 0) is 4.79 Å². The molecular weight excluding hydrogens is 247 g/mol. The SMILES string of the molecule is O=C1C=CC(O)(O)C=C1I. The third kappa shape index (κ3) is 1.65. The number of hydrogen-bond acceptors (Lipinski definition) is 3. The molecule has 0 aliphatic heterocycles. The minimum atomic E-state index is -1.94. The van der Waals surface area contributed by atoms with Gasteiger partial charge < -0.3 is 10.2 Å². The van der Waals surface area contributed by atoms with Crippen LogP contribution < -0.4 is 0 Å². The third-order valence-electron chi connectivity index (χ3n) is 1.05. The Hall–Kier alpha value is -0.200. The summed E-state index contributed by atoms with van der Waals surface area (Å²) in [5.74, 6) is -2.14. The Kier molecular flexibility index (Phi) is 1.93. The Morgan fingerprint density at radius 2 is 2.10 bits per heavy atom. The monoisotopic (exact) mass is 252 g/mol. The fourth-order valence-corrected chi connectivity index (χ4v) is 1.22. The van der Waals surface area contributed by atoms with E-state index < -0.39 is 5.79 Å². The maximum Gasteiger partial charge on any atom is 0.204 e. The van der Waals surface area contributed by atoms with Crippen molar-refractivity contribution in [2.24, 2.45) is 0 Å². The van der Waals surface area contributed by atoms with Crippen LogP contribution in [0.3, 0.4) is 0 Å². The third-order valence-corrected chi connectivity index (χ3v) is 1.90. The van der Waals surface area contributed by atoms with Crippen LogP contribution in [0.2, 0.25) is 0 Å². The highest BCUT2D eigenvalue weighted by Gasteiger charge is 2.22. The predicted octanol–water partition coefficient (Wildman–Crippen LogP) is 0.125. The Morgan fingerprint density at radius 3 is 2.50 bits per heavy atom. The molecule has 0 aromatic carbocycles. The molecule has 0 bridgehead atoms. The van der Waals surface area contributed by atoms with E-state index in [1.54, 1.807) is 22.6 Å². The topological polar surface area (TPSA) is 57.5 Å². The maximum atomic E-state index is 10.7. The van der Waals surface area contributed by atoms with Crippen molar-refractivity contribution in [2.45, 2.75) is 5.79 Å². The lowest BCUT2D eigenvalue weighted by Gasteiger charge is -2.15. The Bertz CT molecular complexity index is 227. The maximum absolute atomic E-state index is 10.7. The molecule has 0 spiro atoms.